The molecule has 4 nitrogen and oxygen atoms in total. The minimum Gasteiger partial charge on any atom is -0.393 e. The molecule has 2 atom stereocenters. The molecule has 2 unspecified atom stereocenters. The lowest BCUT2D eigenvalue weighted by Crippen LogP contribution is -2.20. The first-order valence-corrected chi connectivity index (χ1v) is 6.07. The zero-order valence-corrected chi connectivity index (χ0v) is 10.3. The van der Waals surface area contributed by atoms with E-state index >= 15 is 0 Å². The highest BCUT2D eigenvalue weighted by molar-refractivity contribution is 4.97. The molecule has 1 fully saturated rings. The van der Waals surface area contributed by atoms with Crippen LogP contribution in [-0.4, -0.2) is 26.0 Å². The number of hydrogen-bond donors (Lipinski definition) is 1. The third kappa shape index (κ3) is 2.26. The summed E-state index contributed by atoms with van der Waals surface area (Å²) in [5, 5.41) is 13.9. The number of rotatable bonds is 3. The first-order valence-electron chi connectivity index (χ1n) is 6.07. The lowest BCUT2D eigenvalue weighted by Gasteiger charge is -2.23. The molecule has 1 aromatic heterocycles. The molecule has 90 valence electrons. The Morgan fingerprint density at radius 2 is 2.38 bits per heavy atom. The van der Waals surface area contributed by atoms with Gasteiger partial charge in [0.15, 0.2) is 0 Å². The van der Waals surface area contributed by atoms with Crippen molar-refractivity contribution in [3.8, 4) is 0 Å². The summed E-state index contributed by atoms with van der Waals surface area (Å²) in [6.45, 7) is 6.47. The summed E-state index contributed by atoms with van der Waals surface area (Å²) in [4.78, 5) is 4.34. The SMILES string of the molecule is CC(C)n1ncnc1CC1(C)CCC(O)C1. The maximum atomic E-state index is 9.63. The molecular formula is C12H21N3O. The molecule has 1 N–H and O–H groups in total. The summed E-state index contributed by atoms with van der Waals surface area (Å²) in [6.07, 6.45) is 5.32. The molecular weight excluding hydrogens is 202 g/mol. The van der Waals surface area contributed by atoms with Gasteiger partial charge in [-0.2, -0.15) is 5.10 Å². The highest BCUT2D eigenvalue weighted by Crippen LogP contribution is 2.40. The fourth-order valence-electron chi connectivity index (χ4n) is 2.66. The van der Waals surface area contributed by atoms with Crippen molar-refractivity contribution < 1.29 is 5.11 Å². The molecule has 1 heterocycles. The van der Waals surface area contributed by atoms with Crippen LogP contribution in [0.5, 0.6) is 0 Å². The van der Waals surface area contributed by atoms with Gasteiger partial charge < -0.3 is 5.11 Å². The Morgan fingerprint density at radius 1 is 1.62 bits per heavy atom. The van der Waals surface area contributed by atoms with E-state index in [1.165, 1.54) is 0 Å². The third-order valence-corrected chi connectivity index (χ3v) is 3.53. The summed E-state index contributed by atoms with van der Waals surface area (Å²) in [5.74, 6) is 1.05. The second-order valence-corrected chi connectivity index (χ2v) is 5.60. The Labute approximate surface area is 96.7 Å². The molecule has 1 saturated carbocycles. The molecule has 4 heteroatoms. The molecule has 1 aliphatic rings. The van der Waals surface area contributed by atoms with E-state index in [-0.39, 0.29) is 11.5 Å². The molecule has 0 bridgehead atoms. The molecule has 0 amide bonds. The quantitative estimate of drug-likeness (QED) is 0.852. The van der Waals surface area contributed by atoms with Crippen LogP contribution in [0.25, 0.3) is 0 Å². The minimum absolute atomic E-state index is 0.125. The summed E-state index contributed by atoms with van der Waals surface area (Å²) in [7, 11) is 0. The van der Waals surface area contributed by atoms with E-state index in [1.54, 1.807) is 6.33 Å². The normalized spacial score (nSPS) is 30.2. The van der Waals surface area contributed by atoms with Crippen LogP contribution in [0.15, 0.2) is 6.33 Å². The van der Waals surface area contributed by atoms with Crippen LogP contribution in [0.4, 0.5) is 0 Å². The molecule has 0 radical (unpaired) electrons. The van der Waals surface area contributed by atoms with Gasteiger partial charge >= 0.3 is 0 Å². The van der Waals surface area contributed by atoms with E-state index in [2.05, 4.69) is 30.9 Å². The number of nitrogens with zero attached hydrogens (tertiary/aromatic N) is 3. The van der Waals surface area contributed by atoms with Crippen molar-refractivity contribution in [2.24, 2.45) is 5.41 Å². The summed E-state index contributed by atoms with van der Waals surface area (Å²) in [5.41, 5.74) is 0.194. The Kier molecular flexibility index (Phi) is 3.02. The third-order valence-electron chi connectivity index (χ3n) is 3.53. The van der Waals surface area contributed by atoms with Crippen molar-refractivity contribution in [2.75, 3.05) is 0 Å². The Balaban J connectivity index is 2.11. The van der Waals surface area contributed by atoms with Crippen LogP contribution in [-0.2, 0) is 6.42 Å². The highest BCUT2D eigenvalue weighted by Gasteiger charge is 2.35. The van der Waals surface area contributed by atoms with Crippen molar-refractivity contribution in [1.29, 1.82) is 0 Å². The molecule has 2 rings (SSSR count). The van der Waals surface area contributed by atoms with Gasteiger partial charge in [0, 0.05) is 12.5 Å². The fourth-order valence-corrected chi connectivity index (χ4v) is 2.66. The van der Waals surface area contributed by atoms with Gasteiger partial charge in [-0.3, -0.25) is 0 Å². The number of aliphatic hydroxyl groups excluding tert-OH is 1. The van der Waals surface area contributed by atoms with Crippen molar-refractivity contribution in [3.63, 3.8) is 0 Å². The van der Waals surface area contributed by atoms with Gasteiger partial charge in [0.1, 0.15) is 12.2 Å². The van der Waals surface area contributed by atoms with E-state index in [9.17, 15) is 5.11 Å². The predicted octanol–water partition coefficient (Wildman–Crippen LogP) is 1.95. The van der Waals surface area contributed by atoms with Crippen LogP contribution in [0, 0.1) is 5.41 Å². The van der Waals surface area contributed by atoms with Gasteiger partial charge in [0.25, 0.3) is 0 Å². The predicted molar refractivity (Wildman–Crippen MR) is 62.1 cm³/mol. The Morgan fingerprint density at radius 3 is 2.94 bits per heavy atom. The van der Waals surface area contributed by atoms with Crippen molar-refractivity contribution in [1.82, 2.24) is 14.8 Å². The molecule has 0 spiro atoms. The molecule has 1 aliphatic carbocycles. The monoisotopic (exact) mass is 223 g/mol. The maximum absolute atomic E-state index is 9.63. The minimum atomic E-state index is -0.125. The van der Waals surface area contributed by atoms with Gasteiger partial charge in [0.2, 0.25) is 0 Å². The number of aliphatic hydroxyl groups is 1. The van der Waals surface area contributed by atoms with Crippen LogP contribution in [0.1, 0.15) is 51.9 Å². The zero-order chi connectivity index (χ0) is 11.8. The maximum Gasteiger partial charge on any atom is 0.138 e. The first-order chi connectivity index (χ1) is 7.50. The van der Waals surface area contributed by atoms with Crippen molar-refractivity contribution in [3.05, 3.63) is 12.2 Å². The van der Waals surface area contributed by atoms with Gasteiger partial charge in [-0.1, -0.05) is 6.92 Å². The summed E-state index contributed by atoms with van der Waals surface area (Å²) < 4.78 is 1.98. The van der Waals surface area contributed by atoms with E-state index in [1.807, 2.05) is 4.68 Å². The van der Waals surface area contributed by atoms with Crippen molar-refractivity contribution in [2.45, 2.75) is 58.6 Å². The van der Waals surface area contributed by atoms with Crippen LogP contribution < -0.4 is 0 Å². The van der Waals surface area contributed by atoms with Gasteiger partial charge in [-0.05, 0) is 38.5 Å². The number of hydrogen-bond acceptors (Lipinski definition) is 3. The highest BCUT2D eigenvalue weighted by atomic mass is 16.3. The second kappa shape index (κ2) is 4.17. The first kappa shape index (κ1) is 11.6. The molecule has 1 aromatic rings. The van der Waals surface area contributed by atoms with E-state index in [4.69, 9.17) is 0 Å². The largest absolute Gasteiger partial charge is 0.393 e. The summed E-state index contributed by atoms with van der Waals surface area (Å²) >= 11 is 0. The van der Waals surface area contributed by atoms with Crippen LogP contribution in [0.2, 0.25) is 0 Å². The standard InChI is InChI=1S/C12H21N3O/c1-9(2)15-11(13-8-14-15)7-12(3)5-4-10(16)6-12/h8-10,16H,4-7H2,1-3H3. The van der Waals surface area contributed by atoms with Gasteiger partial charge in [0.05, 0.1) is 6.10 Å². The van der Waals surface area contributed by atoms with Crippen LogP contribution in [0.3, 0.4) is 0 Å². The zero-order valence-electron chi connectivity index (χ0n) is 10.3. The van der Waals surface area contributed by atoms with Crippen molar-refractivity contribution >= 4 is 0 Å². The fraction of sp³-hybridized carbons (Fsp3) is 0.833. The van der Waals surface area contributed by atoms with Gasteiger partial charge in [-0.25, -0.2) is 9.67 Å². The lowest BCUT2D eigenvalue weighted by molar-refractivity contribution is 0.162. The lowest BCUT2D eigenvalue weighted by atomic mass is 9.84. The average Bonchev–Trinajstić information content (AvgIpc) is 2.74. The molecule has 16 heavy (non-hydrogen) atoms. The van der Waals surface area contributed by atoms with E-state index < -0.39 is 0 Å². The molecule has 0 aromatic carbocycles. The molecule has 0 saturated heterocycles. The molecule has 0 aliphatic heterocycles. The number of aromatic nitrogens is 3. The average molecular weight is 223 g/mol. The van der Waals surface area contributed by atoms with E-state index in [0.717, 1.165) is 31.5 Å². The Hall–Kier alpha value is -0.900. The Bertz CT molecular complexity index is 361. The smallest absolute Gasteiger partial charge is 0.138 e. The van der Waals surface area contributed by atoms with Gasteiger partial charge in [-0.15, -0.1) is 0 Å². The second-order valence-electron chi connectivity index (χ2n) is 5.60. The topological polar surface area (TPSA) is 50.9 Å². The van der Waals surface area contributed by atoms with E-state index in [0.29, 0.717) is 6.04 Å². The summed E-state index contributed by atoms with van der Waals surface area (Å²) in [6, 6.07) is 0.354. The van der Waals surface area contributed by atoms with Crippen LogP contribution >= 0.6 is 0 Å².